The predicted octanol–water partition coefficient (Wildman–Crippen LogP) is 2.50. The molecule has 1 aliphatic heterocycles. The van der Waals surface area contributed by atoms with Gasteiger partial charge < -0.3 is 19.6 Å². The molecule has 0 aromatic carbocycles. The molecular formula is C16H11F3N6O4. The second kappa shape index (κ2) is 7.00. The van der Waals surface area contributed by atoms with Crippen molar-refractivity contribution in [1.82, 2.24) is 24.5 Å². The molecule has 0 N–H and O–H groups in total. The molecule has 1 aliphatic rings. The number of ether oxygens (including phenoxy) is 2. The number of hydrogen-bond donors (Lipinski definition) is 0. The van der Waals surface area contributed by atoms with E-state index in [9.17, 15) is 23.3 Å². The summed E-state index contributed by atoms with van der Waals surface area (Å²) in [5, 5.41) is 10.8. The van der Waals surface area contributed by atoms with E-state index >= 15 is 0 Å². The Bertz CT molecular complexity index is 1040. The van der Waals surface area contributed by atoms with Crippen LogP contribution in [0.4, 0.5) is 19.0 Å². The third-order valence-electron chi connectivity index (χ3n) is 4.00. The summed E-state index contributed by atoms with van der Waals surface area (Å²) >= 11 is 0. The van der Waals surface area contributed by atoms with Crippen LogP contribution in [0.3, 0.4) is 0 Å². The van der Waals surface area contributed by atoms with Crippen LogP contribution >= 0.6 is 0 Å². The highest BCUT2D eigenvalue weighted by Gasteiger charge is 2.32. The first-order chi connectivity index (χ1) is 13.8. The predicted molar refractivity (Wildman–Crippen MR) is 89.1 cm³/mol. The molecule has 0 amide bonds. The van der Waals surface area contributed by atoms with Crippen molar-refractivity contribution in [2.75, 3.05) is 6.61 Å². The van der Waals surface area contributed by atoms with Crippen LogP contribution in [0.25, 0.3) is 11.1 Å². The summed E-state index contributed by atoms with van der Waals surface area (Å²) in [7, 11) is 0. The lowest BCUT2D eigenvalue weighted by Crippen LogP contribution is -2.34. The number of hydrogen-bond acceptors (Lipinski definition) is 8. The molecule has 0 unspecified atom stereocenters. The van der Waals surface area contributed by atoms with Crippen molar-refractivity contribution in [2.45, 2.75) is 18.8 Å². The number of aromatic nitrogens is 5. The van der Waals surface area contributed by atoms with E-state index in [4.69, 9.17) is 9.47 Å². The third kappa shape index (κ3) is 3.93. The van der Waals surface area contributed by atoms with Gasteiger partial charge in [-0.2, -0.15) is 13.2 Å². The van der Waals surface area contributed by atoms with E-state index in [1.807, 2.05) is 0 Å². The molecule has 3 aromatic heterocycles. The summed E-state index contributed by atoms with van der Waals surface area (Å²) < 4.78 is 50.1. The number of halogens is 3. The smallest absolute Gasteiger partial charge is 0.433 e. The maximum absolute atomic E-state index is 12.6. The van der Waals surface area contributed by atoms with Crippen LogP contribution < -0.4 is 9.47 Å². The molecule has 4 heterocycles. The summed E-state index contributed by atoms with van der Waals surface area (Å²) in [6, 6.07) is 2.31. The Kier molecular flexibility index (Phi) is 4.48. The Morgan fingerprint density at radius 3 is 2.52 bits per heavy atom. The molecule has 4 rings (SSSR count). The molecule has 1 atom stereocenters. The molecule has 0 aliphatic carbocycles. The van der Waals surface area contributed by atoms with Crippen molar-refractivity contribution < 1.29 is 27.6 Å². The van der Waals surface area contributed by atoms with Crippen LogP contribution in [0, 0.1) is 10.1 Å². The maximum atomic E-state index is 12.6. The molecule has 0 saturated heterocycles. The average molecular weight is 408 g/mol. The second-order valence-corrected chi connectivity index (χ2v) is 6.03. The molecule has 0 saturated carbocycles. The summed E-state index contributed by atoms with van der Waals surface area (Å²) in [4.78, 5) is 25.4. The topological polar surface area (TPSA) is 118 Å². The Hall–Kier alpha value is -3.77. The lowest BCUT2D eigenvalue weighted by molar-refractivity contribution is -0.389. The Balaban J connectivity index is 1.43. The zero-order valence-corrected chi connectivity index (χ0v) is 14.4. The first-order valence-electron chi connectivity index (χ1n) is 8.16. The standard InChI is InChI=1S/C16H11F3N6O4/c17-16(18,19)12-2-1-9(3-20-12)10-4-21-14(22-5-10)29-11-6-24-7-13(25(26)27)23-15(24)28-8-11/h1-5,7,11H,6,8H2/t11-/m0/s1. The highest BCUT2D eigenvalue weighted by Crippen LogP contribution is 2.29. The van der Waals surface area contributed by atoms with E-state index in [-0.39, 0.29) is 31.0 Å². The summed E-state index contributed by atoms with van der Waals surface area (Å²) in [6.07, 6.45) is 0.101. The quantitative estimate of drug-likeness (QED) is 0.477. The SMILES string of the molecule is O=[N+]([O-])c1cn2c(n1)OC[C@@H](Oc1ncc(-c3ccc(C(F)(F)F)nc3)cn1)C2. The maximum Gasteiger partial charge on any atom is 0.433 e. The van der Waals surface area contributed by atoms with Crippen LogP contribution in [-0.2, 0) is 12.7 Å². The molecule has 150 valence electrons. The van der Waals surface area contributed by atoms with Crippen molar-refractivity contribution >= 4 is 5.82 Å². The zero-order valence-electron chi connectivity index (χ0n) is 14.4. The molecule has 13 heteroatoms. The van der Waals surface area contributed by atoms with Gasteiger partial charge in [-0.25, -0.2) is 9.97 Å². The molecule has 10 nitrogen and oxygen atoms in total. The number of alkyl halides is 3. The molecule has 0 fully saturated rings. The molecule has 29 heavy (non-hydrogen) atoms. The lowest BCUT2D eigenvalue weighted by Gasteiger charge is -2.21. The molecule has 0 radical (unpaired) electrons. The monoisotopic (exact) mass is 408 g/mol. The van der Waals surface area contributed by atoms with Crippen LogP contribution in [0.2, 0.25) is 0 Å². The minimum Gasteiger partial charge on any atom is -0.455 e. The van der Waals surface area contributed by atoms with Gasteiger partial charge in [-0.3, -0.25) is 9.55 Å². The van der Waals surface area contributed by atoms with E-state index in [1.165, 1.54) is 29.2 Å². The fourth-order valence-electron chi connectivity index (χ4n) is 2.64. The zero-order chi connectivity index (χ0) is 20.6. The number of nitro groups is 1. The van der Waals surface area contributed by atoms with Gasteiger partial charge in [-0.05, 0) is 11.0 Å². The average Bonchev–Trinajstić information content (AvgIpc) is 3.12. The largest absolute Gasteiger partial charge is 0.455 e. The Labute approximate surface area is 160 Å². The first kappa shape index (κ1) is 18.6. The highest BCUT2D eigenvalue weighted by molar-refractivity contribution is 5.60. The van der Waals surface area contributed by atoms with Crippen molar-refractivity contribution in [2.24, 2.45) is 0 Å². The number of nitrogens with zero attached hydrogens (tertiary/aromatic N) is 6. The van der Waals surface area contributed by atoms with Gasteiger partial charge in [0, 0.05) is 34.7 Å². The van der Waals surface area contributed by atoms with Gasteiger partial charge in [-0.1, -0.05) is 6.07 Å². The number of rotatable bonds is 4. The van der Waals surface area contributed by atoms with Gasteiger partial charge in [-0.15, -0.1) is 0 Å². The molecule has 0 spiro atoms. The van der Waals surface area contributed by atoms with Gasteiger partial charge >= 0.3 is 24.0 Å². The molecule has 0 bridgehead atoms. The van der Waals surface area contributed by atoms with Crippen molar-refractivity contribution in [1.29, 1.82) is 0 Å². The van der Waals surface area contributed by atoms with Gasteiger partial charge in [0.15, 0.2) is 6.10 Å². The fourth-order valence-corrected chi connectivity index (χ4v) is 2.64. The number of imidazole rings is 1. The van der Waals surface area contributed by atoms with E-state index in [0.29, 0.717) is 11.1 Å². The minimum absolute atomic E-state index is 0.0280. The first-order valence-corrected chi connectivity index (χ1v) is 8.16. The highest BCUT2D eigenvalue weighted by atomic mass is 19.4. The fraction of sp³-hybridized carbons (Fsp3) is 0.250. The van der Waals surface area contributed by atoms with E-state index in [1.54, 1.807) is 0 Å². The van der Waals surface area contributed by atoms with Crippen LogP contribution in [0.1, 0.15) is 5.69 Å². The Morgan fingerprint density at radius 2 is 1.90 bits per heavy atom. The Morgan fingerprint density at radius 1 is 1.17 bits per heavy atom. The minimum atomic E-state index is -4.51. The van der Waals surface area contributed by atoms with Crippen LogP contribution in [-0.4, -0.2) is 42.1 Å². The summed E-state index contributed by atoms with van der Waals surface area (Å²) in [5.74, 6) is -0.327. The summed E-state index contributed by atoms with van der Waals surface area (Å²) in [6.45, 7) is 0.353. The van der Waals surface area contributed by atoms with Gasteiger partial charge in [0.25, 0.3) is 0 Å². The van der Waals surface area contributed by atoms with Crippen molar-refractivity contribution in [3.05, 3.63) is 52.7 Å². The van der Waals surface area contributed by atoms with Crippen LogP contribution in [0.5, 0.6) is 12.0 Å². The number of pyridine rings is 1. The van der Waals surface area contributed by atoms with Crippen LogP contribution in [0.15, 0.2) is 36.9 Å². The summed E-state index contributed by atoms with van der Waals surface area (Å²) in [5.41, 5.74) is -0.106. The van der Waals surface area contributed by atoms with Crippen molar-refractivity contribution in [3.8, 4) is 23.1 Å². The van der Waals surface area contributed by atoms with E-state index < -0.39 is 22.9 Å². The van der Waals surface area contributed by atoms with Gasteiger partial charge in [0.2, 0.25) is 0 Å². The normalized spacial score (nSPS) is 16.0. The number of fused-ring (bicyclic) bond motifs is 1. The van der Waals surface area contributed by atoms with E-state index in [2.05, 4.69) is 19.9 Å². The van der Waals surface area contributed by atoms with Gasteiger partial charge in [0.05, 0.1) is 6.54 Å². The van der Waals surface area contributed by atoms with Gasteiger partial charge in [0.1, 0.15) is 18.5 Å². The second-order valence-electron chi connectivity index (χ2n) is 6.03. The molecule has 3 aromatic rings. The van der Waals surface area contributed by atoms with Crippen molar-refractivity contribution in [3.63, 3.8) is 0 Å². The third-order valence-corrected chi connectivity index (χ3v) is 4.00. The lowest BCUT2D eigenvalue weighted by atomic mass is 10.1. The van der Waals surface area contributed by atoms with E-state index in [0.717, 1.165) is 12.3 Å². The molecular weight excluding hydrogens is 397 g/mol.